The molecule has 0 saturated heterocycles. The molecule has 0 radical (unpaired) electrons. The minimum Gasteiger partial charge on any atom is -0.392 e. The Hall–Kier alpha value is -1.35. The summed E-state index contributed by atoms with van der Waals surface area (Å²) >= 11 is 8.01. The summed E-state index contributed by atoms with van der Waals surface area (Å²) < 4.78 is 1.96. The molecule has 1 aromatic heterocycles. The average Bonchev–Trinajstić information content (AvgIpc) is 2.74. The lowest BCUT2D eigenvalue weighted by Crippen LogP contribution is -1.84. The monoisotopic (exact) mass is 288 g/mol. The average molecular weight is 289 g/mol. The van der Waals surface area contributed by atoms with Crippen molar-refractivity contribution in [3.63, 3.8) is 0 Å². The lowest BCUT2D eigenvalue weighted by Gasteiger charge is -2.06. The van der Waals surface area contributed by atoms with Crippen LogP contribution in [0.2, 0.25) is 4.34 Å². The summed E-state index contributed by atoms with van der Waals surface area (Å²) in [4.78, 5) is 0. The molecule has 3 rings (SSSR count). The van der Waals surface area contributed by atoms with Crippen molar-refractivity contribution in [2.45, 2.75) is 13.5 Å². The van der Waals surface area contributed by atoms with Gasteiger partial charge in [0.25, 0.3) is 0 Å². The Balaban J connectivity index is 2.34. The fraction of sp³-hybridized carbons (Fsp3) is 0.125. The molecule has 0 spiro atoms. The van der Waals surface area contributed by atoms with Crippen LogP contribution in [-0.2, 0) is 6.61 Å². The Bertz CT molecular complexity index is 746. The van der Waals surface area contributed by atoms with Crippen LogP contribution in [0.5, 0.6) is 0 Å². The quantitative estimate of drug-likeness (QED) is 0.702. The van der Waals surface area contributed by atoms with E-state index in [2.05, 4.69) is 19.1 Å². The second-order valence-corrected chi connectivity index (χ2v) is 6.21. The highest BCUT2D eigenvalue weighted by Gasteiger charge is 2.14. The molecular formula is C16H13ClOS. The van der Waals surface area contributed by atoms with Crippen LogP contribution in [0.1, 0.15) is 11.1 Å². The van der Waals surface area contributed by atoms with Crippen molar-refractivity contribution in [3.05, 3.63) is 57.9 Å². The fourth-order valence-electron chi connectivity index (χ4n) is 2.32. The Morgan fingerprint density at radius 2 is 1.95 bits per heavy atom. The zero-order valence-electron chi connectivity index (χ0n) is 10.5. The molecule has 0 unspecified atom stereocenters. The Labute approximate surface area is 121 Å². The van der Waals surface area contributed by atoms with Gasteiger partial charge in [-0.3, -0.25) is 0 Å². The number of halogens is 1. The zero-order valence-corrected chi connectivity index (χ0v) is 12.1. The topological polar surface area (TPSA) is 20.2 Å². The van der Waals surface area contributed by atoms with E-state index in [1.165, 1.54) is 5.56 Å². The van der Waals surface area contributed by atoms with Crippen LogP contribution in [0.4, 0.5) is 0 Å². The molecule has 0 aliphatic rings. The van der Waals surface area contributed by atoms with E-state index >= 15 is 0 Å². The predicted molar refractivity (Wildman–Crippen MR) is 82.9 cm³/mol. The normalized spacial score (nSPS) is 11.1. The van der Waals surface area contributed by atoms with Crippen LogP contribution < -0.4 is 0 Å². The van der Waals surface area contributed by atoms with Crippen LogP contribution in [-0.4, -0.2) is 5.11 Å². The van der Waals surface area contributed by atoms with E-state index in [9.17, 15) is 5.11 Å². The van der Waals surface area contributed by atoms with Crippen LogP contribution in [0.15, 0.2) is 42.5 Å². The molecule has 3 heteroatoms. The van der Waals surface area contributed by atoms with Gasteiger partial charge >= 0.3 is 0 Å². The largest absolute Gasteiger partial charge is 0.392 e. The molecule has 0 bridgehead atoms. The maximum absolute atomic E-state index is 9.29. The molecule has 3 aromatic rings. The third-order valence-electron chi connectivity index (χ3n) is 3.31. The van der Waals surface area contributed by atoms with Gasteiger partial charge in [-0.1, -0.05) is 41.9 Å². The molecule has 0 atom stereocenters. The van der Waals surface area contributed by atoms with Crippen molar-refractivity contribution in [1.82, 2.24) is 0 Å². The van der Waals surface area contributed by atoms with Crippen LogP contribution in [0, 0.1) is 6.92 Å². The molecule has 1 N–H and O–H groups in total. The zero-order chi connectivity index (χ0) is 13.4. The van der Waals surface area contributed by atoms with E-state index < -0.39 is 0 Å². The van der Waals surface area contributed by atoms with E-state index in [1.807, 2.05) is 30.3 Å². The van der Waals surface area contributed by atoms with E-state index in [0.717, 1.165) is 31.1 Å². The summed E-state index contributed by atoms with van der Waals surface area (Å²) in [6.45, 7) is 2.14. The minimum absolute atomic E-state index is 0.0522. The number of hydrogen-bond donors (Lipinski definition) is 1. The van der Waals surface area contributed by atoms with Crippen molar-refractivity contribution in [2.75, 3.05) is 0 Å². The number of aliphatic hydroxyl groups excluding tert-OH is 1. The van der Waals surface area contributed by atoms with E-state index in [0.29, 0.717) is 0 Å². The summed E-state index contributed by atoms with van der Waals surface area (Å²) in [5, 5.41) is 10.4. The molecule has 96 valence electrons. The molecule has 19 heavy (non-hydrogen) atoms. The van der Waals surface area contributed by atoms with Crippen LogP contribution >= 0.6 is 22.9 Å². The highest BCUT2D eigenvalue weighted by atomic mass is 35.5. The van der Waals surface area contributed by atoms with Crippen molar-refractivity contribution >= 4 is 33.0 Å². The van der Waals surface area contributed by atoms with Crippen LogP contribution in [0.3, 0.4) is 0 Å². The number of thiophene rings is 1. The number of benzene rings is 2. The summed E-state index contributed by atoms with van der Waals surface area (Å²) in [5.41, 5.74) is 4.36. The molecule has 1 nitrogen and oxygen atoms in total. The first-order valence-corrected chi connectivity index (χ1v) is 7.28. The molecular weight excluding hydrogens is 276 g/mol. The Kier molecular flexibility index (Phi) is 3.31. The molecule has 0 amide bonds. The maximum Gasteiger partial charge on any atom is 0.102 e. The number of hydrogen-bond acceptors (Lipinski definition) is 2. The minimum atomic E-state index is 0.0522. The number of fused-ring (bicyclic) bond motifs is 1. The van der Waals surface area contributed by atoms with Crippen molar-refractivity contribution in [2.24, 2.45) is 0 Å². The number of aliphatic hydroxyl groups is 1. The molecule has 0 saturated carbocycles. The summed E-state index contributed by atoms with van der Waals surface area (Å²) in [6, 6.07) is 14.2. The van der Waals surface area contributed by atoms with Crippen molar-refractivity contribution < 1.29 is 5.11 Å². The van der Waals surface area contributed by atoms with Gasteiger partial charge in [0.1, 0.15) is 4.34 Å². The summed E-state index contributed by atoms with van der Waals surface area (Å²) in [7, 11) is 0. The van der Waals surface area contributed by atoms with Crippen molar-refractivity contribution in [3.8, 4) is 11.1 Å². The first-order chi connectivity index (χ1) is 9.20. The first-order valence-electron chi connectivity index (χ1n) is 6.08. The SMILES string of the molecule is Cc1ccccc1-c1c(Cl)sc2ccc(CO)cc12. The van der Waals surface area contributed by atoms with Gasteiger partial charge in [0.05, 0.1) is 6.61 Å². The predicted octanol–water partition coefficient (Wildman–Crippen LogP) is 5.02. The van der Waals surface area contributed by atoms with Gasteiger partial charge in [-0.2, -0.15) is 0 Å². The van der Waals surface area contributed by atoms with Gasteiger partial charge in [-0.25, -0.2) is 0 Å². The highest BCUT2D eigenvalue weighted by Crippen LogP contribution is 2.43. The highest BCUT2D eigenvalue weighted by molar-refractivity contribution is 7.23. The summed E-state index contributed by atoms with van der Waals surface area (Å²) in [5.74, 6) is 0. The smallest absolute Gasteiger partial charge is 0.102 e. The molecule has 1 heterocycles. The molecule has 2 aromatic carbocycles. The standard InChI is InChI=1S/C16H13ClOS/c1-10-4-2-3-5-12(10)15-13-8-11(9-18)6-7-14(13)19-16(15)17/h2-8,18H,9H2,1H3. The van der Waals surface area contributed by atoms with Gasteiger partial charge in [0.15, 0.2) is 0 Å². The van der Waals surface area contributed by atoms with Crippen molar-refractivity contribution in [1.29, 1.82) is 0 Å². The Morgan fingerprint density at radius 1 is 1.16 bits per heavy atom. The lowest BCUT2D eigenvalue weighted by molar-refractivity contribution is 0.282. The van der Waals surface area contributed by atoms with Gasteiger partial charge < -0.3 is 5.11 Å². The number of rotatable bonds is 2. The second kappa shape index (κ2) is 4.97. The van der Waals surface area contributed by atoms with Crippen LogP contribution in [0.25, 0.3) is 21.2 Å². The number of aryl methyl sites for hydroxylation is 1. The van der Waals surface area contributed by atoms with Gasteiger partial charge in [0.2, 0.25) is 0 Å². The van der Waals surface area contributed by atoms with Gasteiger partial charge in [-0.05, 0) is 35.7 Å². The van der Waals surface area contributed by atoms with E-state index in [4.69, 9.17) is 11.6 Å². The molecule has 0 aliphatic carbocycles. The third kappa shape index (κ3) is 2.16. The summed E-state index contributed by atoms with van der Waals surface area (Å²) in [6.07, 6.45) is 0. The third-order valence-corrected chi connectivity index (χ3v) is 4.69. The maximum atomic E-state index is 9.29. The second-order valence-electron chi connectivity index (χ2n) is 4.55. The first kappa shape index (κ1) is 12.7. The van der Waals surface area contributed by atoms with E-state index in [1.54, 1.807) is 11.3 Å². The van der Waals surface area contributed by atoms with Gasteiger partial charge in [-0.15, -0.1) is 11.3 Å². The van der Waals surface area contributed by atoms with Gasteiger partial charge in [0, 0.05) is 15.6 Å². The Morgan fingerprint density at radius 3 is 2.68 bits per heavy atom. The molecule has 0 aliphatic heterocycles. The fourth-order valence-corrected chi connectivity index (χ4v) is 3.69. The van der Waals surface area contributed by atoms with E-state index in [-0.39, 0.29) is 6.61 Å². The lowest BCUT2D eigenvalue weighted by atomic mass is 9.99. The molecule has 0 fully saturated rings.